The molecule has 18 heavy (non-hydrogen) atoms. The Bertz CT molecular complexity index is 637. The van der Waals surface area contributed by atoms with Gasteiger partial charge in [0, 0.05) is 11.8 Å². The first-order chi connectivity index (χ1) is 8.47. The summed E-state index contributed by atoms with van der Waals surface area (Å²) in [6, 6.07) is 10.2. The fourth-order valence-electron chi connectivity index (χ4n) is 1.40. The maximum Gasteiger partial charge on any atom is 0.262 e. The molecular weight excluding hydrogens is 260 g/mol. The minimum absolute atomic E-state index is 0.321. The number of halogens is 2. The first kappa shape index (κ1) is 12.5. The van der Waals surface area contributed by atoms with Crippen LogP contribution in [-0.2, 0) is 10.0 Å². The summed E-state index contributed by atoms with van der Waals surface area (Å²) >= 11 is 0. The highest BCUT2D eigenvalue weighted by Crippen LogP contribution is 2.17. The molecule has 0 saturated carbocycles. The molecule has 0 saturated heterocycles. The van der Waals surface area contributed by atoms with Crippen LogP contribution in [0.2, 0.25) is 0 Å². The molecule has 0 unspecified atom stereocenters. The van der Waals surface area contributed by atoms with E-state index in [0.29, 0.717) is 11.8 Å². The Hall–Kier alpha value is -1.95. The topological polar surface area (TPSA) is 46.2 Å². The standard InChI is InChI=1S/C12H9F2NO2S/c13-9-6-10(14)8-12(7-9)18(16,17)15-11-4-2-1-3-5-11/h1-8,15H. The van der Waals surface area contributed by atoms with Crippen molar-refractivity contribution in [1.82, 2.24) is 0 Å². The number of sulfonamides is 1. The third kappa shape index (κ3) is 2.84. The number of hydrogen-bond donors (Lipinski definition) is 1. The van der Waals surface area contributed by atoms with Gasteiger partial charge in [-0.1, -0.05) is 18.2 Å². The van der Waals surface area contributed by atoms with Crippen LogP contribution >= 0.6 is 0 Å². The molecule has 0 heterocycles. The van der Waals surface area contributed by atoms with E-state index in [1.165, 1.54) is 12.1 Å². The molecule has 6 heteroatoms. The molecule has 0 atom stereocenters. The zero-order valence-electron chi connectivity index (χ0n) is 9.10. The van der Waals surface area contributed by atoms with E-state index in [0.717, 1.165) is 12.1 Å². The lowest BCUT2D eigenvalue weighted by atomic mass is 10.3. The van der Waals surface area contributed by atoms with Crippen molar-refractivity contribution in [2.45, 2.75) is 4.90 Å². The van der Waals surface area contributed by atoms with Gasteiger partial charge in [-0.05, 0) is 24.3 Å². The van der Waals surface area contributed by atoms with Crippen LogP contribution in [0.25, 0.3) is 0 Å². The van der Waals surface area contributed by atoms with Gasteiger partial charge in [0.15, 0.2) is 0 Å². The molecule has 0 spiro atoms. The molecule has 1 N–H and O–H groups in total. The van der Waals surface area contributed by atoms with E-state index >= 15 is 0 Å². The largest absolute Gasteiger partial charge is 0.280 e. The Labute approximate surface area is 103 Å². The van der Waals surface area contributed by atoms with E-state index in [9.17, 15) is 17.2 Å². The van der Waals surface area contributed by atoms with E-state index in [1.54, 1.807) is 18.2 Å². The van der Waals surface area contributed by atoms with Crippen LogP contribution in [0.3, 0.4) is 0 Å². The predicted molar refractivity (Wildman–Crippen MR) is 63.6 cm³/mol. The highest BCUT2D eigenvalue weighted by Gasteiger charge is 2.16. The minimum Gasteiger partial charge on any atom is -0.280 e. The zero-order valence-corrected chi connectivity index (χ0v) is 9.92. The summed E-state index contributed by atoms with van der Waals surface area (Å²) < 4.78 is 51.9. The lowest BCUT2D eigenvalue weighted by Gasteiger charge is -2.08. The summed E-state index contributed by atoms with van der Waals surface area (Å²) in [4.78, 5) is -0.455. The van der Waals surface area contributed by atoms with E-state index < -0.39 is 26.6 Å². The lowest BCUT2D eigenvalue weighted by molar-refractivity contribution is 0.568. The Morgan fingerprint density at radius 2 is 1.44 bits per heavy atom. The number of benzene rings is 2. The van der Waals surface area contributed by atoms with Crippen LogP contribution in [0.5, 0.6) is 0 Å². The van der Waals surface area contributed by atoms with Gasteiger partial charge in [-0.15, -0.1) is 0 Å². The van der Waals surface area contributed by atoms with Crippen LogP contribution in [-0.4, -0.2) is 8.42 Å². The fraction of sp³-hybridized carbons (Fsp3) is 0. The molecule has 0 aliphatic rings. The minimum atomic E-state index is -3.99. The van der Waals surface area contributed by atoms with Gasteiger partial charge in [-0.3, -0.25) is 4.72 Å². The maximum absolute atomic E-state index is 13.0. The Kier molecular flexibility index (Phi) is 3.29. The highest BCUT2D eigenvalue weighted by atomic mass is 32.2. The summed E-state index contributed by atoms with van der Waals surface area (Å²) in [6.45, 7) is 0. The van der Waals surface area contributed by atoms with Gasteiger partial charge in [-0.25, -0.2) is 17.2 Å². The van der Waals surface area contributed by atoms with Crippen molar-refractivity contribution in [2.24, 2.45) is 0 Å². The van der Waals surface area contributed by atoms with Crippen molar-refractivity contribution < 1.29 is 17.2 Å². The molecule has 3 nitrogen and oxygen atoms in total. The molecular formula is C12H9F2NO2S. The summed E-state index contributed by atoms with van der Waals surface area (Å²) in [5.41, 5.74) is 0.321. The average Bonchev–Trinajstić information content (AvgIpc) is 2.28. The van der Waals surface area contributed by atoms with Crippen LogP contribution in [0.1, 0.15) is 0 Å². The van der Waals surface area contributed by atoms with Gasteiger partial charge in [0.25, 0.3) is 10.0 Å². The van der Waals surface area contributed by atoms with Crippen molar-refractivity contribution in [3.05, 3.63) is 60.2 Å². The van der Waals surface area contributed by atoms with Crippen molar-refractivity contribution in [1.29, 1.82) is 0 Å². The monoisotopic (exact) mass is 269 g/mol. The smallest absolute Gasteiger partial charge is 0.262 e. The van der Waals surface area contributed by atoms with Crippen LogP contribution in [0, 0.1) is 11.6 Å². The number of nitrogens with one attached hydrogen (secondary N) is 1. The fourth-order valence-corrected chi connectivity index (χ4v) is 2.50. The SMILES string of the molecule is O=S(=O)(Nc1ccccc1)c1cc(F)cc(F)c1. The third-order valence-corrected chi connectivity index (χ3v) is 3.53. The van der Waals surface area contributed by atoms with Crippen molar-refractivity contribution >= 4 is 15.7 Å². The molecule has 0 radical (unpaired) electrons. The third-order valence-electron chi connectivity index (χ3n) is 2.17. The summed E-state index contributed by atoms with van der Waals surface area (Å²) in [5.74, 6) is -1.88. The predicted octanol–water partition coefficient (Wildman–Crippen LogP) is 2.77. The molecule has 2 aromatic carbocycles. The molecule has 0 aliphatic heterocycles. The van der Waals surface area contributed by atoms with Crippen LogP contribution < -0.4 is 4.72 Å². The Morgan fingerprint density at radius 1 is 0.889 bits per heavy atom. The Balaban J connectivity index is 2.37. The normalized spacial score (nSPS) is 11.2. The second kappa shape index (κ2) is 4.73. The van der Waals surface area contributed by atoms with Gasteiger partial charge < -0.3 is 0 Å². The summed E-state index contributed by atoms with van der Waals surface area (Å²) in [6.07, 6.45) is 0. The average molecular weight is 269 g/mol. The van der Waals surface area contributed by atoms with E-state index in [4.69, 9.17) is 0 Å². The molecule has 2 aromatic rings. The lowest BCUT2D eigenvalue weighted by Crippen LogP contribution is -2.13. The van der Waals surface area contributed by atoms with E-state index in [1.807, 2.05) is 0 Å². The van der Waals surface area contributed by atoms with Gasteiger partial charge in [0.2, 0.25) is 0 Å². The van der Waals surface area contributed by atoms with Gasteiger partial charge in [-0.2, -0.15) is 0 Å². The number of hydrogen-bond acceptors (Lipinski definition) is 2. The second-order valence-electron chi connectivity index (χ2n) is 3.58. The van der Waals surface area contributed by atoms with Crippen molar-refractivity contribution in [3.63, 3.8) is 0 Å². The van der Waals surface area contributed by atoms with Crippen molar-refractivity contribution in [3.8, 4) is 0 Å². The van der Waals surface area contributed by atoms with E-state index in [2.05, 4.69) is 4.72 Å². The molecule has 0 aromatic heterocycles. The molecule has 0 amide bonds. The molecule has 0 aliphatic carbocycles. The first-order valence-corrected chi connectivity index (χ1v) is 6.50. The van der Waals surface area contributed by atoms with Crippen LogP contribution in [0.15, 0.2) is 53.4 Å². The first-order valence-electron chi connectivity index (χ1n) is 5.01. The highest BCUT2D eigenvalue weighted by molar-refractivity contribution is 7.92. The van der Waals surface area contributed by atoms with Gasteiger partial charge in [0.1, 0.15) is 11.6 Å². The van der Waals surface area contributed by atoms with Crippen LogP contribution in [0.4, 0.5) is 14.5 Å². The number of rotatable bonds is 3. The summed E-state index contributed by atoms with van der Waals surface area (Å²) in [5, 5.41) is 0. The quantitative estimate of drug-likeness (QED) is 0.931. The number of para-hydroxylation sites is 1. The molecule has 2 rings (SSSR count). The van der Waals surface area contributed by atoms with Crippen molar-refractivity contribution in [2.75, 3.05) is 4.72 Å². The zero-order chi connectivity index (χ0) is 13.2. The second-order valence-corrected chi connectivity index (χ2v) is 5.26. The summed E-state index contributed by atoms with van der Waals surface area (Å²) in [7, 11) is -3.99. The van der Waals surface area contributed by atoms with Gasteiger partial charge in [0.05, 0.1) is 4.90 Å². The maximum atomic E-state index is 13.0. The van der Waals surface area contributed by atoms with E-state index in [-0.39, 0.29) is 0 Å². The van der Waals surface area contributed by atoms with Gasteiger partial charge >= 0.3 is 0 Å². The molecule has 0 bridgehead atoms. The number of anilines is 1. The molecule has 0 fully saturated rings. The Morgan fingerprint density at radius 3 is 2.00 bits per heavy atom. The molecule has 94 valence electrons.